The van der Waals surface area contributed by atoms with Crippen molar-refractivity contribution in [3.63, 3.8) is 0 Å². The van der Waals surface area contributed by atoms with Crippen LogP contribution >= 0.6 is 23.1 Å². The molecule has 20 heavy (non-hydrogen) atoms. The second-order valence-corrected chi connectivity index (χ2v) is 6.63. The number of hydrogen-bond acceptors (Lipinski definition) is 6. The highest BCUT2D eigenvalue weighted by Crippen LogP contribution is 2.26. The van der Waals surface area contributed by atoms with Crippen molar-refractivity contribution in [2.45, 2.75) is 25.1 Å². The molecule has 4 nitrogen and oxygen atoms in total. The van der Waals surface area contributed by atoms with Crippen LogP contribution in [-0.2, 0) is 0 Å². The highest BCUT2D eigenvalue weighted by atomic mass is 32.2. The molecule has 0 atom stereocenters. The van der Waals surface area contributed by atoms with Gasteiger partial charge in [0.05, 0.1) is 5.75 Å². The molecule has 0 amide bonds. The van der Waals surface area contributed by atoms with Gasteiger partial charge < -0.3 is 5.32 Å². The molecule has 0 aliphatic carbocycles. The summed E-state index contributed by atoms with van der Waals surface area (Å²) >= 11 is 2.92. The van der Waals surface area contributed by atoms with Crippen molar-refractivity contribution in [1.82, 2.24) is 10.2 Å². The molecular formula is C14H17N3OS2. The molecule has 0 aliphatic heterocycles. The van der Waals surface area contributed by atoms with Crippen LogP contribution in [0.15, 0.2) is 22.5 Å². The molecule has 0 unspecified atom stereocenters. The van der Waals surface area contributed by atoms with Crippen LogP contribution in [0.25, 0.3) is 0 Å². The van der Waals surface area contributed by atoms with Gasteiger partial charge >= 0.3 is 0 Å². The van der Waals surface area contributed by atoms with Crippen molar-refractivity contribution in [1.29, 1.82) is 0 Å². The van der Waals surface area contributed by atoms with Gasteiger partial charge in [-0.3, -0.25) is 4.79 Å². The highest BCUT2D eigenvalue weighted by Gasteiger charge is 2.12. The number of carbonyl (C=O) groups is 1. The van der Waals surface area contributed by atoms with Gasteiger partial charge in [0, 0.05) is 12.1 Å². The van der Waals surface area contributed by atoms with Crippen LogP contribution in [0.4, 0.5) is 5.13 Å². The summed E-state index contributed by atoms with van der Waals surface area (Å²) in [6, 6.07) is 5.95. The van der Waals surface area contributed by atoms with E-state index in [4.69, 9.17) is 0 Å². The Hall–Kier alpha value is -1.40. The van der Waals surface area contributed by atoms with Crippen molar-refractivity contribution < 1.29 is 4.79 Å². The summed E-state index contributed by atoms with van der Waals surface area (Å²) in [5.74, 6) is 0.529. The lowest BCUT2D eigenvalue weighted by atomic mass is 10.0. The number of hydrogen-bond donors (Lipinski definition) is 1. The Labute approximate surface area is 127 Å². The zero-order valence-corrected chi connectivity index (χ0v) is 13.4. The summed E-state index contributed by atoms with van der Waals surface area (Å²) in [6.07, 6.45) is 0. The maximum absolute atomic E-state index is 12.2. The number of thioether (sulfide) groups is 1. The van der Waals surface area contributed by atoms with Crippen molar-refractivity contribution in [3.05, 3.63) is 34.9 Å². The normalized spacial score (nSPS) is 10.6. The minimum absolute atomic E-state index is 0.136. The highest BCUT2D eigenvalue weighted by molar-refractivity contribution is 8.01. The van der Waals surface area contributed by atoms with Crippen LogP contribution in [0.5, 0.6) is 0 Å². The van der Waals surface area contributed by atoms with Crippen LogP contribution in [0.2, 0.25) is 0 Å². The molecule has 0 radical (unpaired) electrons. The summed E-state index contributed by atoms with van der Waals surface area (Å²) in [6.45, 7) is 6.79. The Kier molecular flexibility index (Phi) is 5.14. The SMILES string of the molecule is CCNc1nnc(SCC(=O)c2cc(C)ccc2C)s1. The van der Waals surface area contributed by atoms with E-state index < -0.39 is 0 Å². The number of nitrogens with zero attached hydrogens (tertiary/aromatic N) is 2. The zero-order chi connectivity index (χ0) is 14.5. The fourth-order valence-electron chi connectivity index (χ4n) is 1.73. The van der Waals surface area contributed by atoms with Gasteiger partial charge in [-0.15, -0.1) is 10.2 Å². The van der Waals surface area contributed by atoms with Crippen LogP contribution in [0.1, 0.15) is 28.4 Å². The Bertz CT molecular complexity index is 610. The van der Waals surface area contributed by atoms with Gasteiger partial charge in [0.25, 0.3) is 0 Å². The first-order valence-corrected chi connectivity index (χ1v) is 8.21. The summed E-state index contributed by atoms with van der Waals surface area (Å²) in [7, 11) is 0. The average molecular weight is 307 g/mol. The average Bonchev–Trinajstić information content (AvgIpc) is 2.87. The number of carbonyl (C=O) groups excluding carboxylic acids is 1. The summed E-state index contributed by atoms with van der Waals surface area (Å²) < 4.78 is 0.819. The van der Waals surface area contributed by atoms with Crippen LogP contribution in [0.3, 0.4) is 0 Å². The molecule has 0 bridgehead atoms. The number of rotatable bonds is 6. The second kappa shape index (κ2) is 6.85. The number of nitrogens with one attached hydrogen (secondary N) is 1. The van der Waals surface area contributed by atoms with Gasteiger partial charge in [-0.2, -0.15) is 0 Å². The molecule has 0 saturated heterocycles. The number of anilines is 1. The summed E-state index contributed by atoms with van der Waals surface area (Å²) in [5.41, 5.74) is 2.93. The monoisotopic (exact) mass is 307 g/mol. The first-order valence-electron chi connectivity index (χ1n) is 6.40. The quantitative estimate of drug-likeness (QED) is 0.653. The first kappa shape index (κ1) is 15.0. The lowest BCUT2D eigenvalue weighted by Crippen LogP contribution is -2.05. The topological polar surface area (TPSA) is 54.9 Å². The van der Waals surface area contributed by atoms with E-state index in [-0.39, 0.29) is 5.78 Å². The van der Waals surface area contributed by atoms with Gasteiger partial charge in [-0.25, -0.2) is 0 Å². The largest absolute Gasteiger partial charge is 0.360 e. The Morgan fingerprint density at radius 3 is 2.90 bits per heavy atom. The van der Waals surface area contributed by atoms with E-state index >= 15 is 0 Å². The molecule has 1 heterocycles. The number of aryl methyl sites for hydroxylation is 2. The molecule has 0 saturated carbocycles. The van der Waals surface area contributed by atoms with E-state index in [1.165, 1.54) is 23.1 Å². The van der Waals surface area contributed by atoms with E-state index in [0.29, 0.717) is 5.75 Å². The molecule has 2 aromatic rings. The number of Topliss-reactive ketones (excluding diaryl/α,β-unsaturated/α-hetero) is 1. The first-order chi connectivity index (χ1) is 9.60. The van der Waals surface area contributed by atoms with Crippen molar-refractivity contribution >= 4 is 34.0 Å². The summed E-state index contributed by atoms with van der Waals surface area (Å²) in [5, 5.41) is 12.0. The molecule has 0 fully saturated rings. The van der Waals surface area contributed by atoms with Crippen molar-refractivity contribution in [2.75, 3.05) is 17.6 Å². The van der Waals surface area contributed by atoms with Gasteiger partial charge in [-0.1, -0.05) is 40.8 Å². The number of ketones is 1. The van der Waals surface area contributed by atoms with Crippen LogP contribution in [-0.4, -0.2) is 28.3 Å². The molecule has 6 heteroatoms. The molecule has 1 N–H and O–H groups in total. The fourth-order valence-corrected chi connectivity index (χ4v) is 3.44. The standard InChI is InChI=1S/C14H17N3OS2/c1-4-15-13-16-17-14(20-13)19-8-12(18)11-7-9(2)5-6-10(11)3/h5-7H,4,8H2,1-3H3,(H,15,16). The van der Waals surface area contributed by atoms with Gasteiger partial charge in [0.15, 0.2) is 10.1 Å². The van der Waals surface area contributed by atoms with Gasteiger partial charge in [0.2, 0.25) is 5.13 Å². The van der Waals surface area contributed by atoms with Gasteiger partial charge in [0.1, 0.15) is 0 Å². The molecule has 0 aliphatic rings. The third-order valence-corrected chi connectivity index (χ3v) is 4.77. The maximum atomic E-state index is 12.2. The third-order valence-electron chi connectivity index (χ3n) is 2.75. The van der Waals surface area contributed by atoms with Crippen molar-refractivity contribution in [3.8, 4) is 0 Å². The van der Waals surface area contributed by atoms with E-state index in [9.17, 15) is 4.79 Å². The summed E-state index contributed by atoms with van der Waals surface area (Å²) in [4.78, 5) is 12.2. The molecule has 1 aromatic carbocycles. The van der Waals surface area contributed by atoms with E-state index in [1.54, 1.807) is 0 Å². The van der Waals surface area contributed by atoms with E-state index in [2.05, 4.69) is 15.5 Å². The molecular weight excluding hydrogens is 290 g/mol. The number of benzene rings is 1. The minimum Gasteiger partial charge on any atom is -0.360 e. The molecule has 106 valence electrons. The predicted molar refractivity (Wildman–Crippen MR) is 85.0 cm³/mol. The predicted octanol–water partition coefficient (Wildman–Crippen LogP) is 3.56. The molecule has 0 spiro atoms. The smallest absolute Gasteiger partial charge is 0.206 e. The zero-order valence-electron chi connectivity index (χ0n) is 11.8. The number of aromatic nitrogens is 2. The van der Waals surface area contributed by atoms with Crippen LogP contribution < -0.4 is 5.32 Å². The van der Waals surface area contributed by atoms with Crippen LogP contribution in [0, 0.1) is 13.8 Å². The Morgan fingerprint density at radius 1 is 1.35 bits per heavy atom. The van der Waals surface area contributed by atoms with E-state index in [0.717, 1.165) is 32.7 Å². The minimum atomic E-state index is 0.136. The molecule has 2 rings (SSSR count). The Balaban J connectivity index is 1.99. The lowest BCUT2D eigenvalue weighted by Gasteiger charge is -2.05. The van der Waals surface area contributed by atoms with E-state index in [1.807, 2.05) is 39.0 Å². The third kappa shape index (κ3) is 3.80. The Morgan fingerprint density at radius 2 is 2.15 bits per heavy atom. The lowest BCUT2D eigenvalue weighted by molar-refractivity contribution is 0.102. The fraction of sp³-hybridized carbons (Fsp3) is 0.357. The van der Waals surface area contributed by atoms with Gasteiger partial charge in [-0.05, 0) is 32.4 Å². The maximum Gasteiger partial charge on any atom is 0.206 e. The van der Waals surface area contributed by atoms with Crippen molar-refractivity contribution in [2.24, 2.45) is 0 Å². The second-order valence-electron chi connectivity index (χ2n) is 4.43. The molecule has 1 aromatic heterocycles.